The lowest BCUT2D eigenvalue weighted by Crippen LogP contribution is -2.48. The molecule has 0 aliphatic carbocycles. The lowest BCUT2D eigenvalue weighted by Gasteiger charge is -2.34. The standard InChI is InChI=1S/C28H32ClN3O3S2/c1-22-8-10-27(11-9-22)37(34,35)32-15-13-31(14-16-32)20-23-4-2-6-25(18-23)28(33)30-12-17-36-21-24-5-3-7-26(29)19-24/h2-11,18-19H,12-17,20-21H2,1H3,(H,30,33). The predicted molar refractivity (Wildman–Crippen MR) is 152 cm³/mol. The van der Waals surface area contributed by atoms with E-state index in [0.717, 1.165) is 27.7 Å². The van der Waals surface area contributed by atoms with E-state index in [4.69, 9.17) is 11.6 Å². The average Bonchev–Trinajstić information content (AvgIpc) is 2.89. The summed E-state index contributed by atoms with van der Waals surface area (Å²) >= 11 is 7.78. The molecule has 3 aromatic carbocycles. The van der Waals surface area contributed by atoms with Crippen LogP contribution in [0.5, 0.6) is 0 Å². The second-order valence-corrected chi connectivity index (χ2v) is 12.6. The van der Waals surface area contributed by atoms with Crippen molar-refractivity contribution in [1.29, 1.82) is 0 Å². The molecular weight excluding hydrogens is 526 g/mol. The van der Waals surface area contributed by atoms with Gasteiger partial charge in [-0.15, -0.1) is 0 Å². The van der Waals surface area contributed by atoms with Crippen LogP contribution >= 0.6 is 23.4 Å². The number of piperazine rings is 1. The fourth-order valence-electron chi connectivity index (χ4n) is 4.21. The fraction of sp³-hybridized carbons (Fsp3) is 0.321. The molecule has 6 nitrogen and oxygen atoms in total. The smallest absolute Gasteiger partial charge is 0.251 e. The van der Waals surface area contributed by atoms with Gasteiger partial charge in [0.15, 0.2) is 0 Å². The Labute approximate surface area is 229 Å². The molecule has 0 atom stereocenters. The van der Waals surface area contributed by atoms with Gasteiger partial charge >= 0.3 is 0 Å². The maximum absolute atomic E-state index is 13.0. The van der Waals surface area contributed by atoms with Crippen LogP contribution in [0, 0.1) is 6.92 Å². The molecule has 1 heterocycles. The quantitative estimate of drug-likeness (QED) is 0.362. The third kappa shape index (κ3) is 7.82. The summed E-state index contributed by atoms with van der Waals surface area (Å²) in [4.78, 5) is 15.2. The molecule has 1 fully saturated rings. The van der Waals surface area contributed by atoms with Gasteiger partial charge in [-0.3, -0.25) is 9.69 Å². The Hall–Kier alpha value is -2.36. The molecule has 1 saturated heterocycles. The Kier molecular flexibility index (Phi) is 9.67. The molecule has 0 aromatic heterocycles. The summed E-state index contributed by atoms with van der Waals surface area (Å²) in [6, 6.07) is 22.5. The molecule has 0 saturated carbocycles. The Morgan fingerprint density at radius 1 is 0.946 bits per heavy atom. The minimum Gasteiger partial charge on any atom is -0.351 e. The van der Waals surface area contributed by atoms with E-state index in [1.807, 2.05) is 67.6 Å². The van der Waals surface area contributed by atoms with Crippen LogP contribution in [-0.2, 0) is 22.3 Å². The first-order valence-electron chi connectivity index (χ1n) is 12.3. The number of halogens is 1. The van der Waals surface area contributed by atoms with Gasteiger partial charge in [0.25, 0.3) is 5.91 Å². The Bertz CT molecular complexity index is 1310. The van der Waals surface area contributed by atoms with Crippen molar-refractivity contribution in [2.24, 2.45) is 0 Å². The van der Waals surface area contributed by atoms with E-state index in [1.165, 1.54) is 5.56 Å². The topological polar surface area (TPSA) is 69.7 Å². The van der Waals surface area contributed by atoms with Crippen molar-refractivity contribution in [3.63, 3.8) is 0 Å². The second kappa shape index (κ2) is 12.9. The van der Waals surface area contributed by atoms with Crippen molar-refractivity contribution < 1.29 is 13.2 Å². The van der Waals surface area contributed by atoms with Crippen molar-refractivity contribution in [1.82, 2.24) is 14.5 Å². The highest BCUT2D eigenvalue weighted by atomic mass is 35.5. The van der Waals surface area contributed by atoms with Gasteiger partial charge in [0.1, 0.15) is 0 Å². The SMILES string of the molecule is Cc1ccc(S(=O)(=O)N2CCN(Cc3cccc(C(=O)NCCSCc4cccc(Cl)c4)c3)CC2)cc1. The number of sulfonamides is 1. The maximum atomic E-state index is 13.0. The zero-order valence-corrected chi connectivity index (χ0v) is 23.3. The molecular formula is C28H32ClN3O3S2. The highest BCUT2D eigenvalue weighted by molar-refractivity contribution is 7.98. The summed E-state index contributed by atoms with van der Waals surface area (Å²) in [5, 5.41) is 3.73. The molecule has 0 spiro atoms. The van der Waals surface area contributed by atoms with E-state index < -0.39 is 10.0 Å². The van der Waals surface area contributed by atoms with E-state index in [9.17, 15) is 13.2 Å². The summed E-state index contributed by atoms with van der Waals surface area (Å²) in [5.74, 6) is 1.58. The Morgan fingerprint density at radius 2 is 1.65 bits per heavy atom. The lowest BCUT2D eigenvalue weighted by atomic mass is 10.1. The van der Waals surface area contributed by atoms with E-state index >= 15 is 0 Å². The van der Waals surface area contributed by atoms with Gasteiger partial charge in [-0.25, -0.2) is 8.42 Å². The normalized spacial score (nSPS) is 15.0. The number of amides is 1. The first-order valence-corrected chi connectivity index (χ1v) is 15.3. The number of nitrogens with zero attached hydrogens (tertiary/aromatic N) is 2. The molecule has 196 valence electrons. The van der Waals surface area contributed by atoms with Crippen LogP contribution < -0.4 is 5.32 Å². The number of carbonyl (C=O) groups excluding carboxylic acids is 1. The summed E-state index contributed by atoms with van der Waals surface area (Å²) in [6.07, 6.45) is 0. The maximum Gasteiger partial charge on any atom is 0.251 e. The largest absolute Gasteiger partial charge is 0.351 e. The van der Waals surface area contributed by atoms with Crippen LogP contribution in [0.4, 0.5) is 0 Å². The number of rotatable bonds is 10. The van der Waals surface area contributed by atoms with Gasteiger partial charge < -0.3 is 5.32 Å². The van der Waals surface area contributed by atoms with Gasteiger partial charge in [-0.1, -0.05) is 53.6 Å². The number of hydrogen-bond donors (Lipinski definition) is 1. The van der Waals surface area contributed by atoms with Crippen LogP contribution in [0.1, 0.15) is 27.0 Å². The molecule has 1 aliphatic heterocycles. The Morgan fingerprint density at radius 3 is 2.38 bits per heavy atom. The van der Waals surface area contributed by atoms with Crippen molar-refractivity contribution in [3.05, 3.63) is 100 Å². The number of aryl methyl sites for hydroxylation is 1. The minimum atomic E-state index is -3.48. The molecule has 1 aliphatic rings. The first-order chi connectivity index (χ1) is 17.8. The molecule has 9 heteroatoms. The van der Waals surface area contributed by atoms with Crippen LogP contribution in [-0.4, -0.2) is 62.0 Å². The molecule has 3 aromatic rings. The summed E-state index contributed by atoms with van der Waals surface area (Å²) in [6.45, 7) is 5.39. The van der Waals surface area contributed by atoms with Gasteiger partial charge in [0.05, 0.1) is 4.90 Å². The molecule has 1 N–H and O–H groups in total. The van der Waals surface area contributed by atoms with Crippen molar-refractivity contribution in [2.75, 3.05) is 38.5 Å². The van der Waals surface area contributed by atoms with Crippen molar-refractivity contribution in [3.8, 4) is 0 Å². The summed E-state index contributed by atoms with van der Waals surface area (Å²) < 4.78 is 27.5. The van der Waals surface area contributed by atoms with E-state index in [2.05, 4.69) is 10.2 Å². The molecule has 0 radical (unpaired) electrons. The van der Waals surface area contributed by atoms with Gasteiger partial charge in [0.2, 0.25) is 10.0 Å². The van der Waals surface area contributed by atoms with Crippen LogP contribution in [0.2, 0.25) is 5.02 Å². The van der Waals surface area contributed by atoms with E-state index in [1.54, 1.807) is 28.2 Å². The van der Waals surface area contributed by atoms with Crippen LogP contribution in [0.3, 0.4) is 0 Å². The number of thioether (sulfide) groups is 1. The second-order valence-electron chi connectivity index (χ2n) is 9.13. The molecule has 37 heavy (non-hydrogen) atoms. The van der Waals surface area contributed by atoms with Gasteiger partial charge in [-0.2, -0.15) is 16.1 Å². The average molecular weight is 558 g/mol. The monoisotopic (exact) mass is 557 g/mol. The van der Waals surface area contributed by atoms with Crippen LogP contribution in [0.15, 0.2) is 77.7 Å². The lowest BCUT2D eigenvalue weighted by molar-refractivity contribution is 0.0956. The Balaban J connectivity index is 1.22. The zero-order valence-electron chi connectivity index (χ0n) is 20.9. The number of benzene rings is 3. The van der Waals surface area contributed by atoms with Crippen molar-refractivity contribution >= 4 is 39.3 Å². The molecule has 1 amide bonds. The summed E-state index contributed by atoms with van der Waals surface area (Å²) in [5.41, 5.74) is 3.88. The minimum absolute atomic E-state index is 0.0841. The first kappa shape index (κ1) is 27.7. The molecule has 0 unspecified atom stereocenters. The third-order valence-corrected chi connectivity index (χ3v) is 9.45. The summed E-state index contributed by atoms with van der Waals surface area (Å²) in [7, 11) is -3.48. The van der Waals surface area contributed by atoms with E-state index in [0.29, 0.717) is 49.7 Å². The fourth-order valence-corrected chi connectivity index (χ4v) is 6.65. The highest BCUT2D eigenvalue weighted by Crippen LogP contribution is 2.20. The van der Waals surface area contributed by atoms with Gasteiger partial charge in [-0.05, 0) is 54.4 Å². The number of carbonyl (C=O) groups is 1. The van der Waals surface area contributed by atoms with Gasteiger partial charge in [0, 0.05) is 61.4 Å². The zero-order chi connectivity index (χ0) is 26.3. The van der Waals surface area contributed by atoms with Crippen LogP contribution in [0.25, 0.3) is 0 Å². The number of nitrogens with one attached hydrogen (secondary N) is 1. The molecule has 0 bridgehead atoms. The number of hydrogen-bond acceptors (Lipinski definition) is 5. The highest BCUT2D eigenvalue weighted by Gasteiger charge is 2.28. The van der Waals surface area contributed by atoms with E-state index in [-0.39, 0.29) is 5.91 Å². The predicted octanol–water partition coefficient (Wildman–Crippen LogP) is 4.82. The third-order valence-electron chi connectivity index (χ3n) is 6.28. The molecule has 4 rings (SSSR count). The van der Waals surface area contributed by atoms with Crippen molar-refractivity contribution in [2.45, 2.75) is 24.1 Å².